The molecule has 5 nitrogen and oxygen atoms in total. The van der Waals surface area contributed by atoms with Crippen molar-refractivity contribution in [2.24, 2.45) is 5.73 Å². The highest BCUT2D eigenvalue weighted by atomic mass is 79.9. The molecule has 1 atom stereocenters. The lowest BCUT2D eigenvalue weighted by molar-refractivity contribution is 0.319. The smallest absolute Gasteiger partial charge is 0.0786 e. The summed E-state index contributed by atoms with van der Waals surface area (Å²) in [5, 5.41) is 8.20. The molecule has 6 heteroatoms. The standard InChI is InChI=1S/C13H16BrN5/c14-10-1-3-12(4-2-10)19-13(7-16-17-19)9-18-6-5-11(15)8-18/h1-4,7,11H,5-6,8-9,15H2. The predicted molar refractivity (Wildman–Crippen MR) is 76.9 cm³/mol. The highest BCUT2D eigenvalue weighted by Gasteiger charge is 2.20. The maximum atomic E-state index is 5.93. The van der Waals surface area contributed by atoms with Gasteiger partial charge in [0.25, 0.3) is 0 Å². The third-order valence-corrected chi connectivity index (χ3v) is 3.91. The van der Waals surface area contributed by atoms with Crippen LogP contribution in [-0.4, -0.2) is 39.0 Å². The van der Waals surface area contributed by atoms with Crippen LogP contribution in [0.15, 0.2) is 34.9 Å². The second-order valence-electron chi connectivity index (χ2n) is 4.90. The highest BCUT2D eigenvalue weighted by Crippen LogP contribution is 2.17. The Labute approximate surface area is 120 Å². The summed E-state index contributed by atoms with van der Waals surface area (Å²) < 4.78 is 2.94. The van der Waals surface area contributed by atoms with Gasteiger partial charge in [-0.25, -0.2) is 4.68 Å². The minimum absolute atomic E-state index is 0.303. The number of hydrogen-bond donors (Lipinski definition) is 1. The molecule has 0 bridgehead atoms. The van der Waals surface area contributed by atoms with Crippen LogP contribution < -0.4 is 5.73 Å². The number of hydrogen-bond acceptors (Lipinski definition) is 4. The molecule has 2 heterocycles. The topological polar surface area (TPSA) is 60.0 Å². The van der Waals surface area contributed by atoms with Crippen LogP contribution in [0.4, 0.5) is 0 Å². The average Bonchev–Trinajstić information content (AvgIpc) is 3.00. The van der Waals surface area contributed by atoms with Crippen LogP contribution in [0.1, 0.15) is 12.1 Å². The molecule has 1 aliphatic rings. The summed E-state index contributed by atoms with van der Waals surface area (Å²) in [5.74, 6) is 0. The fourth-order valence-corrected chi connectivity index (χ4v) is 2.66. The van der Waals surface area contributed by atoms with E-state index in [1.54, 1.807) is 0 Å². The van der Waals surface area contributed by atoms with Crippen molar-refractivity contribution in [3.63, 3.8) is 0 Å². The summed E-state index contributed by atoms with van der Waals surface area (Å²) in [6.45, 7) is 2.84. The van der Waals surface area contributed by atoms with Crippen molar-refractivity contribution in [2.45, 2.75) is 19.0 Å². The first-order valence-electron chi connectivity index (χ1n) is 6.36. The van der Waals surface area contributed by atoms with Crippen LogP contribution in [0.3, 0.4) is 0 Å². The van der Waals surface area contributed by atoms with Gasteiger partial charge in [-0.1, -0.05) is 21.1 Å². The van der Waals surface area contributed by atoms with Crippen molar-refractivity contribution in [3.05, 3.63) is 40.6 Å². The molecule has 1 aromatic heterocycles. The van der Waals surface area contributed by atoms with Crippen LogP contribution >= 0.6 is 15.9 Å². The maximum Gasteiger partial charge on any atom is 0.0786 e. The van der Waals surface area contributed by atoms with E-state index < -0.39 is 0 Å². The maximum absolute atomic E-state index is 5.93. The Morgan fingerprint density at radius 1 is 1.32 bits per heavy atom. The van der Waals surface area contributed by atoms with Crippen LogP contribution in [0, 0.1) is 0 Å². The zero-order valence-electron chi connectivity index (χ0n) is 10.5. The van der Waals surface area contributed by atoms with Crippen LogP contribution in [0.5, 0.6) is 0 Å². The second-order valence-corrected chi connectivity index (χ2v) is 5.81. The minimum Gasteiger partial charge on any atom is -0.326 e. The second kappa shape index (κ2) is 5.40. The quantitative estimate of drug-likeness (QED) is 0.932. The lowest BCUT2D eigenvalue weighted by atomic mass is 10.3. The van der Waals surface area contributed by atoms with Crippen molar-refractivity contribution in [2.75, 3.05) is 13.1 Å². The molecule has 1 aromatic carbocycles. The van der Waals surface area contributed by atoms with Gasteiger partial charge in [0.15, 0.2) is 0 Å². The zero-order chi connectivity index (χ0) is 13.2. The molecule has 2 N–H and O–H groups in total. The van der Waals surface area contributed by atoms with Gasteiger partial charge in [-0.15, -0.1) is 5.10 Å². The van der Waals surface area contributed by atoms with Gasteiger partial charge >= 0.3 is 0 Å². The van der Waals surface area contributed by atoms with Gasteiger partial charge in [0.1, 0.15) is 0 Å². The van der Waals surface area contributed by atoms with E-state index in [2.05, 4.69) is 31.1 Å². The molecule has 1 aliphatic heterocycles. The zero-order valence-corrected chi connectivity index (χ0v) is 12.1. The minimum atomic E-state index is 0.303. The molecular weight excluding hydrogens is 306 g/mol. The van der Waals surface area contributed by atoms with Gasteiger partial charge in [-0.2, -0.15) is 0 Å². The SMILES string of the molecule is NC1CCN(Cc2cnnn2-c2ccc(Br)cc2)C1. The van der Waals surface area contributed by atoms with E-state index >= 15 is 0 Å². The molecule has 1 fully saturated rings. The van der Waals surface area contributed by atoms with Gasteiger partial charge in [0.2, 0.25) is 0 Å². The Morgan fingerprint density at radius 2 is 2.11 bits per heavy atom. The van der Waals surface area contributed by atoms with Crippen molar-refractivity contribution in [1.29, 1.82) is 0 Å². The van der Waals surface area contributed by atoms with Crippen molar-refractivity contribution in [3.8, 4) is 5.69 Å². The Hall–Kier alpha value is -1.24. The largest absolute Gasteiger partial charge is 0.326 e. The molecule has 100 valence electrons. The number of nitrogens with two attached hydrogens (primary N) is 1. The highest BCUT2D eigenvalue weighted by molar-refractivity contribution is 9.10. The number of nitrogens with zero attached hydrogens (tertiary/aromatic N) is 4. The van der Waals surface area contributed by atoms with Crippen LogP contribution in [0.25, 0.3) is 5.69 Å². The van der Waals surface area contributed by atoms with Crippen LogP contribution in [0.2, 0.25) is 0 Å². The molecule has 1 unspecified atom stereocenters. The number of rotatable bonds is 3. The summed E-state index contributed by atoms with van der Waals surface area (Å²) in [6, 6.07) is 8.37. The fourth-order valence-electron chi connectivity index (χ4n) is 2.40. The summed E-state index contributed by atoms with van der Waals surface area (Å²) in [7, 11) is 0. The molecule has 1 saturated heterocycles. The predicted octanol–water partition coefficient (Wildman–Crippen LogP) is 1.56. The van der Waals surface area contributed by atoms with E-state index in [0.717, 1.165) is 41.9 Å². The first-order valence-corrected chi connectivity index (χ1v) is 7.15. The van der Waals surface area contributed by atoms with E-state index in [4.69, 9.17) is 5.73 Å². The van der Waals surface area contributed by atoms with E-state index in [0.29, 0.717) is 6.04 Å². The van der Waals surface area contributed by atoms with Crippen LogP contribution in [-0.2, 0) is 6.54 Å². The Balaban J connectivity index is 1.80. The molecule has 19 heavy (non-hydrogen) atoms. The molecular formula is C13H16BrN5. The van der Waals surface area contributed by atoms with Gasteiger partial charge in [0, 0.05) is 30.1 Å². The van der Waals surface area contributed by atoms with E-state index in [9.17, 15) is 0 Å². The molecule has 0 amide bonds. The van der Waals surface area contributed by atoms with Gasteiger partial charge in [0.05, 0.1) is 17.6 Å². The van der Waals surface area contributed by atoms with Gasteiger partial charge in [-0.05, 0) is 30.7 Å². The van der Waals surface area contributed by atoms with Crippen molar-refractivity contribution in [1.82, 2.24) is 19.9 Å². The van der Waals surface area contributed by atoms with Crippen molar-refractivity contribution < 1.29 is 0 Å². The third-order valence-electron chi connectivity index (χ3n) is 3.39. The Morgan fingerprint density at radius 3 is 2.79 bits per heavy atom. The first kappa shape index (κ1) is 12.8. The lowest BCUT2D eigenvalue weighted by Crippen LogP contribution is -2.27. The molecule has 0 saturated carbocycles. The van der Waals surface area contributed by atoms with E-state index in [1.807, 2.05) is 35.1 Å². The molecule has 2 aromatic rings. The monoisotopic (exact) mass is 321 g/mol. The molecule has 0 aliphatic carbocycles. The molecule has 0 radical (unpaired) electrons. The fraction of sp³-hybridized carbons (Fsp3) is 0.385. The Bertz CT molecular complexity index is 550. The third kappa shape index (κ3) is 2.86. The summed E-state index contributed by atoms with van der Waals surface area (Å²) >= 11 is 3.44. The molecule has 3 rings (SSSR count). The number of aromatic nitrogens is 3. The average molecular weight is 322 g/mol. The number of likely N-dealkylation sites (tertiary alicyclic amines) is 1. The number of benzene rings is 1. The normalized spacial score (nSPS) is 20.0. The lowest BCUT2D eigenvalue weighted by Gasteiger charge is -2.15. The van der Waals surface area contributed by atoms with Gasteiger partial charge in [-0.3, -0.25) is 4.90 Å². The molecule has 0 spiro atoms. The summed E-state index contributed by atoms with van der Waals surface area (Å²) in [5.41, 5.74) is 8.06. The number of halogens is 1. The summed E-state index contributed by atoms with van der Waals surface area (Å²) in [6.07, 6.45) is 2.89. The first-order chi connectivity index (χ1) is 9.22. The van der Waals surface area contributed by atoms with E-state index in [-0.39, 0.29) is 0 Å². The van der Waals surface area contributed by atoms with E-state index in [1.165, 1.54) is 0 Å². The van der Waals surface area contributed by atoms with Gasteiger partial charge < -0.3 is 5.73 Å². The summed E-state index contributed by atoms with van der Waals surface area (Å²) in [4.78, 5) is 2.35. The van der Waals surface area contributed by atoms with Crippen molar-refractivity contribution >= 4 is 15.9 Å². The Kier molecular flexibility index (Phi) is 3.63.